The zero-order valence-corrected chi connectivity index (χ0v) is 18.5. The molecular formula is C23H23ClN4O2S. The van der Waals surface area contributed by atoms with Crippen LogP contribution < -0.4 is 9.46 Å². The van der Waals surface area contributed by atoms with E-state index in [0.717, 1.165) is 23.3 Å². The number of nitrogens with one attached hydrogen (secondary N) is 1. The van der Waals surface area contributed by atoms with E-state index < -0.39 is 0 Å². The molecule has 6 nitrogen and oxygen atoms in total. The topological polar surface area (TPSA) is 69.0 Å². The number of fused-ring (bicyclic) bond motifs is 2. The second kappa shape index (κ2) is 8.93. The number of nitrogens with zero attached hydrogens (tertiary/aromatic N) is 3. The third-order valence-electron chi connectivity index (χ3n) is 6.21. The standard InChI is InChI=1S/C23H23ClN4O2S/c24-22-19(23(29)27-31-18-4-2-1-3-5-18)8-9-20(25-22)28-11-10-21(26-28)30-14-17-13-15-6-7-16(17)12-15/h1-5,8-11,15-17H,6-7,12-14H2,(H,27,29). The minimum absolute atomic E-state index is 0.128. The van der Waals surface area contributed by atoms with Crippen molar-refractivity contribution in [1.29, 1.82) is 0 Å². The molecule has 2 aliphatic carbocycles. The smallest absolute Gasteiger partial charge is 0.264 e. The number of rotatable bonds is 7. The summed E-state index contributed by atoms with van der Waals surface area (Å²) in [5.74, 6) is 3.21. The van der Waals surface area contributed by atoms with Crippen LogP contribution in [-0.4, -0.2) is 27.3 Å². The fraction of sp³-hybridized carbons (Fsp3) is 0.348. The van der Waals surface area contributed by atoms with Crippen molar-refractivity contribution in [2.24, 2.45) is 17.8 Å². The van der Waals surface area contributed by atoms with Crippen LogP contribution in [0.2, 0.25) is 5.15 Å². The average molecular weight is 455 g/mol. The molecule has 3 atom stereocenters. The molecule has 2 bridgehead atoms. The van der Waals surface area contributed by atoms with Crippen molar-refractivity contribution in [2.45, 2.75) is 30.6 Å². The van der Waals surface area contributed by atoms with E-state index in [-0.39, 0.29) is 11.1 Å². The monoisotopic (exact) mass is 454 g/mol. The summed E-state index contributed by atoms with van der Waals surface area (Å²) >= 11 is 7.53. The second-order valence-electron chi connectivity index (χ2n) is 8.20. The van der Waals surface area contributed by atoms with Crippen molar-refractivity contribution in [2.75, 3.05) is 6.61 Å². The number of amides is 1. The molecule has 2 saturated carbocycles. The van der Waals surface area contributed by atoms with E-state index in [9.17, 15) is 4.79 Å². The molecule has 0 spiro atoms. The van der Waals surface area contributed by atoms with Crippen LogP contribution in [0.3, 0.4) is 0 Å². The van der Waals surface area contributed by atoms with Crippen molar-refractivity contribution in [3.05, 3.63) is 65.4 Å². The van der Waals surface area contributed by atoms with E-state index in [2.05, 4.69) is 14.8 Å². The number of benzene rings is 1. The molecule has 1 aromatic carbocycles. The zero-order valence-electron chi connectivity index (χ0n) is 16.9. The quantitative estimate of drug-likeness (QED) is 0.394. The number of carbonyl (C=O) groups is 1. The van der Waals surface area contributed by atoms with E-state index in [1.165, 1.54) is 37.6 Å². The summed E-state index contributed by atoms with van der Waals surface area (Å²) in [6.45, 7) is 0.727. The molecule has 2 aliphatic rings. The Labute approximate surface area is 190 Å². The van der Waals surface area contributed by atoms with Gasteiger partial charge in [-0.25, -0.2) is 9.67 Å². The Morgan fingerprint density at radius 3 is 2.77 bits per heavy atom. The first-order chi connectivity index (χ1) is 15.2. The Kier molecular flexibility index (Phi) is 5.87. The highest BCUT2D eigenvalue weighted by molar-refractivity contribution is 7.98. The van der Waals surface area contributed by atoms with Crippen LogP contribution in [0.5, 0.6) is 5.88 Å². The molecule has 160 valence electrons. The van der Waals surface area contributed by atoms with Gasteiger partial charge in [0.25, 0.3) is 5.91 Å². The lowest BCUT2D eigenvalue weighted by atomic mass is 9.90. The molecule has 31 heavy (non-hydrogen) atoms. The van der Waals surface area contributed by atoms with Gasteiger partial charge in [-0.3, -0.25) is 9.52 Å². The van der Waals surface area contributed by atoms with Crippen molar-refractivity contribution in [3.63, 3.8) is 0 Å². The molecule has 8 heteroatoms. The number of pyridine rings is 1. The Balaban J connectivity index is 1.20. The van der Waals surface area contributed by atoms with Gasteiger partial charge in [-0.05, 0) is 73.2 Å². The van der Waals surface area contributed by atoms with Crippen LogP contribution in [-0.2, 0) is 0 Å². The number of ether oxygens (including phenoxy) is 1. The molecule has 3 unspecified atom stereocenters. The predicted octanol–water partition coefficient (Wildman–Crippen LogP) is 5.17. The number of halogens is 1. The third kappa shape index (κ3) is 4.57. The molecule has 1 amide bonds. The molecule has 1 N–H and O–H groups in total. The molecular weight excluding hydrogens is 432 g/mol. The number of hydrogen-bond donors (Lipinski definition) is 1. The molecule has 2 heterocycles. The lowest BCUT2D eigenvalue weighted by Gasteiger charge is -2.20. The normalized spacial score (nSPS) is 21.9. The Morgan fingerprint density at radius 2 is 2.03 bits per heavy atom. The number of carbonyl (C=O) groups excluding carboxylic acids is 1. The van der Waals surface area contributed by atoms with Gasteiger partial charge < -0.3 is 4.74 Å². The highest BCUT2D eigenvalue weighted by Gasteiger charge is 2.39. The van der Waals surface area contributed by atoms with Gasteiger partial charge >= 0.3 is 0 Å². The minimum atomic E-state index is -0.298. The van der Waals surface area contributed by atoms with E-state index >= 15 is 0 Å². The van der Waals surface area contributed by atoms with Crippen molar-refractivity contribution in [1.82, 2.24) is 19.5 Å². The van der Waals surface area contributed by atoms with E-state index in [4.69, 9.17) is 16.3 Å². The first-order valence-corrected chi connectivity index (χ1v) is 11.7. The highest BCUT2D eigenvalue weighted by atomic mass is 35.5. The van der Waals surface area contributed by atoms with Gasteiger partial charge in [-0.15, -0.1) is 5.10 Å². The first kappa shape index (κ1) is 20.4. The van der Waals surface area contributed by atoms with Gasteiger partial charge in [0.1, 0.15) is 5.15 Å². The fourth-order valence-electron chi connectivity index (χ4n) is 4.66. The SMILES string of the molecule is O=C(NSc1ccccc1)c1ccc(-n2ccc(OCC3CC4CCC3C4)n2)nc1Cl. The van der Waals surface area contributed by atoms with Crippen LogP contribution in [0.1, 0.15) is 36.0 Å². The lowest BCUT2D eigenvalue weighted by Crippen LogP contribution is -2.18. The van der Waals surface area contributed by atoms with Crippen molar-refractivity contribution >= 4 is 29.5 Å². The number of aromatic nitrogens is 3. The summed E-state index contributed by atoms with van der Waals surface area (Å²) < 4.78 is 10.3. The second-order valence-corrected chi connectivity index (χ2v) is 9.44. The third-order valence-corrected chi connectivity index (χ3v) is 7.30. The Bertz CT molecular complexity index is 1070. The highest BCUT2D eigenvalue weighted by Crippen LogP contribution is 2.48. The predicted molar refractivity (Wildman–Crippen MR) is 121 cm³/mol. The molecule has 0 saturated heterocycles. The van der Waals surface area contributed by atoms with Gasteiger partial charge in [0.15, 0.2) is 5.82 Å². The first-order valence-electron chi connectivity index (χ1n) is 10.5. The number of hydrogen-bond acceptors (Lipinski definition) is 5. The van der Waals surface area contributed by atoms with Crippen LogP contribution in [0, 0.1) is 17.8 Å². The lowest BCUT2D eigenvalue weighted by molar-refractivity contribution is 0.0984. The summed E-state index contributed by atoms with van der Waals surface area (Å²) in [4.78, 5) is 17.7. The maximum Gasteiger partial charge on any atom is 0.264 e. The van der Waals surface area contributed by atoms with Gasteiger partial charge in [-0.1, -0.05) is 36.2 Å². The average Bonchev–Trinajstić information content (AvgIpc) is 3.54. The summed E-state index contributed by atoms with van der Waals surface area (Å²) in [7, 11) is 0. The minimum Gasteiger partial charge on any atom is -0.476 e. The maximum absolute atomic E-state index is 12.5. The zero-order chi connectivity index (χ0) is 21.2. The maximum atomic E-state index is 12.5. The summed E-state index contributed by atoms with van der Waals surface area (Å²) in [5, 5.41) is 4.59. The molecule has 0 radical (unpaired) electrons. The molecule has 0 aliphatic heterocycles. The Hall–Kier alpha value is -2.51. The fourth-order valence-corrected chi connectivity index (χ4v) is 5.50. The molecule has 2 aromatic heterocycles. The van der Waals surface area contributed by atoms with E-state index in [1.54, 1.807) is 23.0 Å². The largest absolute Gasteiger partial charge is 0.476 e. The van der Waals surface area contributed by atoms with E-state index in [0.29, 0.717) is 23.2 Å². The van der Waals surface area contributed by atoms with Crippen LogP contribution in [0.25, 0.3) is 5.82 Å². The van der Waals surface area contributed by atoms with Crippen LogP contribution in [0.4, 0.5) is 0 Å². The molecule has 5 rings (SSSR count). The summed E-state index contributed by atoms with van der Waals surface area (Å²) in [6.07, 6.45) is 7.18. The van der Waals surface area contributed by atoms with Crippen LogP contribution in [0.15, 0.2) is 59.6 Å². The van der Waals surface area contributed by atoms with E-state index in [1.807, 2.05) is 36.4 Å². The summed E-state index contributed by atoms with van der Waals surface area (Å²) in [5.41, 5.74) is 0.314. The van der Waals surface area contributed by atoms with Crippen LogP contribution >= 0.6 is 23.5 Å². The van der Waals surface area contributed by atoms with Gasteiger partial charge in [0.05, 0.1) is 12.2 Å². The van der Waals surface area contributed by atoms with Crippen molar-refractivity contribution < 1.29 is 9.53 Å². The van der Waals surface area contributed by atoms with Gasteiger partial charge in [0, 0.05) is 17.2 Å². The van der Waals surface area contributed by atoms with Gasteiger partial charge in [-0.2, -0.15) is 0 Å². The molecule has 2 fully saturated rings. The van der Waals surface area contributed by atoms with Crippen molar-refractivity contribution in [3.8, 4) is 11.7 Å². The van der Waals surface area contributed by atoms with Gasteiger partial charge in [0.2, 0.25) is 5.88 Å². The Morgan fingerprint density at radius 1 is 1.16 bits per heavy atom. The molecule has 3 aromatic rings. The summed E-state index contributed by atoms with van der Waals surface area (Å²) in [6, 6.07) is 14.8.